The Balaban J connectivity index is 1.68. The number of urea groups is 1. The van der Waals surface area contributed by atoms with Crippen molar-refractivity contribution in [2.45, 2.75) is 19.6 Å². The molecule has 0 aliphatic heterocycles. The van der Waals surface area contributed by atoms with E-state index in [1.807, 2.05) is 63.8 Å². The fourth-order valence-corrected chi connectivity index (χ4v) is 3.70. The number of nitrogens with one attached hydrogen (secondary N) is 1. The molecule has 3 aromatic heterocycles. The van der Waals surface area contributed by atoms with Crippen LogP contribution in [0.15, 0.2) is 53.4 Å². The van der Waals surface area contributed by atoms with Crippen LogP contribution in [0.3, 0.4) is 0 Å². The molecule has 0 bridgehead atoms. The highest BCUT2D eigenvalue weighted by atomic mass is 32.1. The van der Waals surface area contributed by atoms with Crippen molar-refractivity contribution < 1.29 is 4.79 Å². The number of carbonyl (C=O) groups excluding carboxylic acids is 1. The van der Waals surface area contributed by atoms with Crippen molar-refractivity contribution in [1.29, 1.82) is 0 Å². The lowest BCUT2D eigenvalue weighted by Crippen LogP contribution is -2.38. The predicted octanol–water partition coefficient (Wildman–Crippen LogP) is 4.06. The number of hydrogen-bond donors (Lipinski definition) is 1. The zero-order valence-electron chi connectivity index (χ0n) is 12.9. The van der Waals surface area contributed by atoms with Gasteiger partial charge in [0.05, 0.1) is 19.6 Å². The second kappa shape index (κ2) is 7.48. The van der Waals surface area contributed by atoms with Gasteiger partial charge in [-0.15, -0.1) is 22.7 Å². The monoisotopic (exact) mass is 345 g/mol. The largest absolute Gasteiger partial charge is 0.353 e. The highest BCUT2D eigenvalue weighted by molar-refractivity contribution is 7.10. The molecule has 0 aliphatic carbocycles. The second-order valence-corrected chi connectivity index (χ2v) is 7.35. The first-order chi connectivity index (χ1) is 11.2. The van der Waals surface area contributed by atoms with E-state index in [1.54, 1.807) is 22.7 Å². The first kappa shape index (κ1) is 15.8. The van der Waals surface area contributed by atoms with Gasteiger partial charge < -0.3 is 14.8 Å². The van der Waals surface area contributed by atoms with Crippen LogP contribution in [0, 0.1) is 0 Å². The Labute approximate surface area is 144 Å². The lowest BCUT2D eigenvalue weighted by molar-refractivity contribution is 0.191. The second-order valence-electron chi connectivity index (χ2n) is 5.28. The summed E-state index contributed by atoms with van der Waals surface area (Å²) in [4.78, 5) is 16.8. The summed E-state index contributed by atoms with van der Waals surface area (Å²) in [5.41, 5.74) is 1.12. The fourth-order valence-electron chi connectivity index (χ4n) is 2.33. The minimum absolute atomic E-state index is 0.0343. The van der Waals surface area contributed by atoms with Gasteiger partial charge in [0.25, 0.3) is 0 Å². The molecule has 3 heterocycles. The van der Waals surface area contributed by atoms with E-state index >= 15 is 0 Å². The average Bonchev–Trinajstić information content (AvgIpc) is 3.28. The molecule has 4 nitrogen and oxygen atoms in total. The van der Waals surface area contributed by atoms with Crippen LogP contribution in [0.4, 0.5) is 4.79 Å². The number of thiophene rings is 2. The van der Waals surface area contributed by atoms with Crippen molar-refractivity contribution in [3.05, 3.63) is 68.8 Å². The van der Waals surface area contributed by atoms with Crippen molar-refractivity contribution in [3.8, 4) is 0 Å². The van der Waals surface area contributed by atoms with E-state index in [9.17, 15) is 4.79 Å². The smallest absolute Gasteiger partial charge is 0.318 e. The third-order valence-electron chi connectivity index (χ3n) is 3.61. The molecule has 0 radical (unpaired) electrons. The number of amides is 2. The molecule has 2 amide bonds. The highest BCUT2D eigenvalue weighted by Crippen LogP contribution is 2.15. The Hall–Kier alpha value is -2.05. The summed E-state index contributed by atoms with van der Waals surface area (Å²) in [7, 11) is 2.00. The molecule has 0 aromatic carbocycles. The first-order valence-corrected chi connectivity index (χ1v) is 9.16. The zero-order chi connectivity index (χ0) is 16.1. The van der Waals surface area contributed by atoms with Gasteiger partial charge >= 0.3 is 6.03 Å². The van der Waals surface area contributed by atoms with E-state index in [0.29, 0.717) is 19.6 Å². The molecule has 3 aromatic rings. The van der Waals surface area contributed by atoms with E-state index in [2.05, 4.69) is 11.4 Å². The number of nitrogens with zero attached hydrogens (tertiary/aromatic N) is 2. The maximum atomic E-state index is 12.6. The average molecular weight is 345 g/mol. The van der Waals surface area contributed by atoms with Crippen LogP contribution in [-0.2, 0) is 26.7 Å². The Kier molecular flexibility index (Phi) is 5.15. The lowest BCUT2D eigenvalue weighted by atomic mass is 10.3. The van der Waals surface area contributed by atoms with Crippen LogP contribution >= 0.6 is 22.7 Å². The molecule has 3 rings (SSSR count). The van der Waals surface area contributed by atoms with Crippen molar-refractivity contribution >= 4 is 28.7 Å². The topological polar surface area (TPSA) is 37.3 Å². The quantitative estimate of drug-likeness (QED) is 0.719. The number of rotatable bonds is 6. The molecule has 0 atom stereocenters. The fraction of sp³-hybridized carbons (Fsp3) is 0.235. The van der Waals surface area contributed by atoms with Crippen molar-refractivity contribution in [2.24, 2.45) is 7.05 Å². The SMILES string of the molecule is Cn1cccc1CN(Cc1cccs1)C(=O)NCc1cccs1. The van der Waals surface area contributed by atoms with Gasteiger partial charge in [0.2, 0.25) is 0 Å². The summed E-state index contributed by atoms with van der Waals surface area (Å²) in [5.74, 6) is 0. The molecule has 0 saturated heterocycles. The summed E-state index contributed by atoms with van der Waals surface area (Å²) in [6, 6.07) is 12.1. The van der Waals surface area contributed by atoms with Crippen molar-refractivity contribution in [2.75, 3.05) is 0 Å². The molecule has 0 saturated carbocycles. The first-order valence-electron chi connectivity index (χ1n) is 7.40. The summed E-state index contributed by atoms with van der Waals surface area (Å²) < 4.78 is 2.05. The van der Waals surface area contributed by atoms with Gasteiger partial charge in [-0.3, -0.25) is 0 Å². The summed E-state index contributed by atoms with van der Waals surface area (Å²) >= 11 is 3.33. The minimum atomic E-state index is -0.0343. The van der Waals surface area contributed by atoms with Crippen molar-refractivity contribution in [1.82, 2.24) is 14.8 Å². The zero-order valence-corrected chi connectivity index (χ0v) is 14.6. The number of hydrogen-bond acceptors (Lipinski definition) is 3. The van der Waals surface area contributed by atoms with E-state index in [-0.39, 0.29) is 6.03 Å². The number of carbonyl (C=O) groups is 1. The summed E-state index contributed by atoms with van der Waals surface area (Å²) in [6.45, 7) is 1.79. The van der Waals surface area contributed by atoms with E-state index in [1.165, 1.54) is 4.88 Å². The Bertz CT molecular complexity index is 732. The van der Waals surface area contributed by atoms with Crippen LogP contribution in [-0.4, -0.2) is 15.5 Å². The van der Waals surface area contributed by atoms with E-state index < -0.39 is 0 Å². The minimum Gasteiger partial charge on any atom is -0.353 e. The molecule has 1 N–H and O–H groups in total. The molecule has 120 valence electrons. The third-order valence-corrected chi connectivity index (χ3v) is 5.35. The van der Waals surface area contributed by atoms with Gasteiger partial charge in [0.1, 0.15) is 0 Å². The molecular formula is C17H19N3OS2. The molecule has 0 spiro atoms. The predicted molar refractivity (Wildman–Crippen MR) is 95.5 cm³/mol. The van der Waals surface area contributed by atoms with Crippen LogP contribution < -0.4 is 5.32 Å². The Morgan fingerprint density at radius 3 is 2.43 bits per heavy atom. The maximum Gasteiger partial charge on any atom is 0.318 e. The van der Waals surface area contributed by atoms with Crippen LogP contribution in [0.25, 0.3) is 0 Å². The van der Waals surface area contributed by atoms with Gasteiger partial charge in [-0.05, 0) is 35.0 Å². The molecule has 0 fully saturated rings. The highest BCUT2D eigenvalue weighted by Gasteiger charge is 2.16. The van der Waals surface area contributed by atoms with E-state index in [4.69, 9.17) is 0 Å². The summed E-state index contributed by atoms with van der Waals surface area (Å²) in [6.07, 6.45) is 2.00. The standard InChI is InChI=1S/C17H19N3OS2/c1-19-8-2-5-14(19)12-20(13-16-7-4-10-23-16)17(21)18-11-15-6-3-9-22-15/h2-10H,11-13H2,1H3,(H,18,21). The molecule has 6 heteroatoms. The van der Waals surface area contributed by atoms with Gasteiger partial charge in [0, 0.05) is 28.7 Å². The van der Waals surface area contributed by atoms with Gasteiger partial charge in [-0.25, -0.2) is 4.79 Å². The van der Waals surface area contributed by atoms with Crippen LogP contribution in [0.1, 0.15) is 15.4 Å². The van der Waals surface area contributed by atoms with Gasteiger partial charge in [-0.1, -0.05) is 12.1 Å². The van der Waals surface area contributed by atoms with E-state index in [0.717, 1.165) is 10.6 Å². The normalized spacial score (nSPS) is 10.7. The lowest BCUT2D eigenvalue weighted by Gasteiger charge is -2.23. The van der Waals surface area contributed by atoms with Crippen LogP contribution in [0.5, 0.6) is 0 Å². The molecule has 0 unspecified atom stereocenters. The summed E-state index contributed by atoms with van der Waals surface area (Å²) in [5, 5.41) is 7.09. The third kappa shape index (κ3) is 4.24. The Morgan fingerprint density at radius 2 is 1.83 bits per heavy atom. The van der Waals surface area contributed by atoms with Crippen molar-refractivity contribution in [3.63, 3.8) is 0 Å². The number of aryl methyl sites for hydroxylation is 1. The van der Waals surface area contributed by atoms with Gasteiger partial charge in [-0.2, -0.15) is 0 Å². The van der Waals surface area contributed by atoms with Crippen LogP contribution in [0.2, 0.25) is 0 Å². The molecule has 23 heavy (non-hydrogen) atoms. The maximum absolute atomic E-state index is 12.6. The molecule has 0 aliphatic rings. The Morgan fingerprint density at radius 1 is 1.09 bits per heavy atom. The van der Waals surface area contributed by atoms with Gasteiger partial charge in [0.15, 0.2) is 0 Å². The number of aromatic nitrogens is 1. The molecular weight excluding hydrogens is 326 g/mol.